The summed E-state index contributed by atoms with van der Waals surface area (Å²) in [5.41, 5.74) is 7.56. The zero-order chi connectivity index (χ0) is 25.7. The fourth-order valence-corrected chi connectivity index (χ4v) is 4.48. The molecule has 2 aromatic heterocycles. The highest BCUT2D eigenvalue weighted by atomic mass is 35.5. The van der Waals surface area contributed by atoms with Crippen LogP contribution in [-0.2, 0) is 13.0 Å². The molecule has 0 saturated heterocycles. The Labute approximate surface area is 218 Å². The van der Waals surface area contributed by atoms with E-state index in [4.69, 9.17) is 33.5 Å². The molecule has 0 atom stereocenters. The fourth-order valence-electron chi connectivity index (χ4n) is 4.09. The Morgan fingerprint density at radius 3 is 2.58 bits per heavy atom. The van der Waals surface area contributed by atoms with Crippen LogP contribution in [-0.4, -0.2) is 45.1 Å². The molecule has 4 aromatic rings. The van der Waals surface area contributed by atoms with E-state index in [9.17, 15) is 9.59 Å². The van der Waals surface area contributed by atoms with E-state index in [-0.39, 0.29) is 22.2 Å². The molecule has 0 radical (unpaired) electrons. The van der Waals surface area contributed by atoms with Gasteiger partial charge >= 0.3 is 0 Å². The zero-order valence-corrected chi connectivity index (χ0v) is 21.4. The Morgan fingerprint density at radius 1 is 1.08 bits per heavy atom. The second-order valence-corrected chi connectivity index (χ2v) is 9.28. The molecule has 0 spiro atoms. The number of halogens is 2. The minimum Gasteiger partial charge on any atom is -0.339 e. The summed E-state index contributed by atoms with van der Waals surface area (Å²) in [6, 6.07) is 14.7. The number of benzene rings is 2. The summed E-state index contributed by atoms with van der Waals surface area (Å²) >= 11 is 12.4. The van der Waals surface area contributed by atoms with Crippen LogP contribution in [0.3, 0.4) is 0 Å². The van der Waals surface area contributed by atoms with E-state index >= 15 is 0 Å². The molecule has 2 heterocycles. The van der Waals surface area contributed by atoms with Crippen molar-refractivity contribution in [1.82, 2.24) is 19.6 Å². The predicted molar refractivity (Wildman–Crippen MR) is 141 cm³/mol. The van der Waals surface area contributed by atoms with Crippen LogP contribution in [0.15, 0.2) is 57.8 Å². The molecular formula is C26H27Cl2N5O3. The van der Waals surface area contributed by atoms with E-state index in [0.29, 0.717) is 72.9 Å². The molecule has 0 aliphatic rings. The molecule has 10 heteroatoms. The van der Waals surface area contributed by atoms with Gasteiger partial charge in [0.25, 0.3) is 17.2 Å². The van der Waals surface area contributed by atoms with Crippen molar-refractivity contribution in [2.24, 2.45) is 5.73 Å². The molecule has 0 aliphatic heterocycles. The van der Waals surface area contributed by atoms with Crippen molar-refractivity contribution in [3.63, 3.8) is 0 Å². The van der Waals surface area contributed by atoms with Crippen molar-refractivity contribution in [3.05, 3.63) is 91.6 Å². The summed E-state index contributed by atoms with van der Waals surface area (Å²) in [6.45, 7) is 3.45. The van der Waals surface area contributed by atoms with E-state index in [1.54, 1.807) is 34.6 Å². The van der Waals surface area contributed by atoms with E-state index in [1.807, 2.05) is 30.3 Å². The molecule has 0 saturated carbocycles. The number of aromatic nitrogens is 3. The predicted octanol–water partition coefficient (Wildman–Crippen LogP) is 4.47. The van der Waals surface area contributed by atoms with Crippen LogP contribution >= 0.6 is 23.2 Å². The maximum atomic E-state index is 13.4. The molecule has 0 fully saturated rings. The van der Waals surface area contributed by atoms with E-state index in [2.05, 4.69) is 10.1 Å². The third-order valence-corrected chi connectivity index (χ3v) is 6.78. The summed E-state index contributed by atoms with van der Waals surface area (Å²) in [4.78, 5) is 32.9. The summed E-state index contributed by atoms with van der Waals surface area (Å²) in [5.74, 6) is 0.353. The van der Waals surface area contributed by atoms with Gasteiger partial charge in [0.05, 0.1) is 27.8 Å². The van der Waals surface area contributed by atoms with Gasteiger partial charge < -0.3 is 15.2 Å². The smallest absolute Gasteiger partial charge is 0.267 e. The van der Waals surface area contributed by atoms with Gasteiger partial charge in [-0.15, -0.1) is 0 Å². The Morgan fingerprint density at radius 2 is 1.83 bits per heavy atom. The quantitative estimate of drug-likeness (QED) is 0.326. The lowest BCUT2D eigenvalue weighted by Gasteiger charge is -2.23. The van der Waals surface area contributed by atoms with Gasteiger partial charge in [0.15, 0.2) is 0 Å². The normalized spacial score (nSPS) is 11.2. The number of hydrogen-bond donors (Lipinski definition) is 1. The first-order valence-electron chi connectivity index (χ1n) is 11.7. The van der Waals surface area contributed by atoms with Crippen molar-refractivity contribution in [1.29, 1.82) is 0 Å². The van der Waals surface area contributed by atoms with Crippen molar-refractivity contribution < 1.29 is 9.32 Å². The Kier molecular flexibility index (Phi) is 8.40. The van der Waals surface area contributed by atoms with Crippen molar-refractivity contribution in [2.45, 2.75) is 32.7 Å². The third-order valence-electron chi connectivity index (χ3n) is 5.96. The number of amides is 1. The van der Waals surface area contributed by atoms with Crippen LogP contribution in [0.4, 0.5) is 0 Å². The minimum absolute atomic E-state index is 0.195. The first-order valence-corrected chi connectivity index (χ1v) is 12.5. The summed E-state index contributed by atoms with van der Waals surface area (Å²) in [7, 11) is 0. The molecule has 188 valence electrons. The molecule has 8 nitrogen and oxygen atoms in total. The second kappa shape index (κ2) is 11.7. The summed E-state index contributed by atoms with van der Waals surface area (Å²) in [5, 5.41) is 4.85. The average Bonchev–Trinajstić information content (AvgIpc) is 3.25. The van der Waals surface area contributed by atoms with Gasteiger partial charge in [-0.2, -0.15) is 4.98 Å². The highest BCUT2D eigenvalue weighted by molar-refractivity contribution is 6.43. The number of carbonyl (C=O) groups is 1. The minimum atomic E-state index is -0.216. The van der Waals surface area contributed by atoms with Gasteiger partial charge in [-0.1, -0.05) is 64.8 Å². The maximum absolute atomic E-state index is 13.4. The monoisotopic (exact) mass is 527 g/mol. The number of rotatable bonds is 10. The van der Waals surface area contributed by atoms with Crippen LogP contribution in [0.1, 0.15) is 40.3 Å². The maximum Gasteiger partial charge on any atom is 0.267 e. The van der Waals surface area contributed by atoms with Crippen LogP contribution in [0.2, 0.25) is 10.0 Å². The molecule has 4 rings (SSSR count). The number of hydrogen-bond acceptors (Lipinski definition) is 6. The zero-order valence-electron chi connectivity index (χ0n) is 19.9. The van der Waals surface area contributed by atoms with Crippen LogP contribution < -0.4 is 11.3 Å². The highest BCUT2D eigenvalue weighted by Gasteiger charge is 2.21. The lowest BCUT2D eigenvalue weighted by atomic mass is 10.1. The number of carbonyl (C=O) groups excluding carboxylic acids is 1. The number of aryl methyl sites for hydroxylation is 2. The molecule has 0 unspecified atom stereocenters. The molecule has 0 bridgehead atoms. The first kappa shape index (κ1) is 25.9. The fraction of sp³-hybridized carbons (Fsp3) is 0.308. The molecule has 1 amide bonds. The SMILES string of the molecule is Cc1noc2nc(CCCN(CCCN)C(=O)c3cccc(Cl)c3Cl)n(Cc3ccccc3)c(=O)c12. The largest absolute Gasteiger partial charge is 0.339 e. The Bertz CT molecular complexity index is 1420. The van der Waals surface area contributed by atoms with Crippen LogP contribution in [0.5, 0.6) is 0 Å². The van der Waals surface area contributed by atoms with E-state index < -0.39 is 0 Å². The average molecular weight is 528 g/mol. The molecule has 0 aliphatic carbocycles. The lowest BCUT2D eigenvalue weighted by molar-refractivity contribution is 0.0752. The molecule has 2 aromatic carbocycles. The topological polar surface area (TPSA) is 107 Å². The van der Waals surface area contributed by atoms with Gasteiger partial charge in [-0.25, -0.2) is 0 Å². The number of fused-ring (bicyclic) bond motifs is 1. The second-order valence-electron chi connectivity index (χ2n) is 8.49. The van der Waals surface area contributed by atoms with Gasteiger partial charge in [-0.05, 0) is 44.0 Å². The standard InChI is InChI=1S/C26H27Cl2N5O3/c1-17-22-24(36-31-17)30-21(33(26(22)35)16-18-8-3-2-4-9-18)12-6-14-32(15-7-13-29)25(34)19-10-5-11-20(27)23(19)28/h2-5,8-11H,6-7,12-16,29H2,1H3. The highest BCUT2D eigenvalue weighted by Crippen LogP contribution is 2.26. The molecular weight excluding hydrogens is 501 g/mol. The lowest BCUT2D eigenvalue weighted by Crippen LogP contribution is -2.34. The van der Waals surface area contributed by atoms with Gasteiger partial charge in [0.2, 0.25) is 0 Å². The van der Waals surface area contributed by atoms with Crippen molar-refractivity contribution in [3.8, 4) is 0 Å². The molecule has 2 N–H and O–H groups in total. The van der Waals surface area contributed by atoms with Crippen LogP contribution in [0.25, 0.3) is 11.1 Å². The van der Waals surface area contributed by atoms with Crippen molar-refractivity contribution in [2.75, 3.05) is 19.6 Å². The van der Waals surface area contributed by atoms with Crippen LogP contribution in [0, 0.1) is 6.92 Å². The first-order chi connectivity index (χ1) is 17.4. The van der Waals surface area contributed by atoms with Gasteiger partial charge in [0.1, 0.15) is 11.2 Å². The Hall–Kier alpha value is -3.20. The number of nitrogens with zero attached hydrogens (tertiary/aromatic N) is 4. The van der Waals surface area contributed by atoms with E-state index in [0.717, 1.165) is 5.56 Å². The third kappa shape index (κ3) is 5.61. The summed E-state index contributed by atoms with van der Waals surface area (Å²) in [6.07, 6.45) is 1.66. The van der Waals surface area contributed by atoms with E-state index in [1.165, 1.54) is 0 Å². The Balaban J connectivity index is 1.59. The summed E-state index contributed by atoms with van der Waals surface area (Å²) < 4.78 is 6.95. The van der Waals surface area contributed by atoms with Crippen molar-refractivity contribution >= 4 is 40.2 Å². The van der Waals surface area contributed by atoms with Gasteiger partial charge in [0, 0.05) is 19.5 Å². The van der Waals surface area contributed by atoms with Gasteiger partial charge in [-0.3, -0.25) is 14.2 Å². The number of nitrogens with two attached hydrogens (primary N) is 1. The molecule has 36 heavy (non-hydrogen) atoms.